The summed E-state index contributed by atoms with van der Waals surface area (Å²) >= 11 is 0. The van der Waals surface area contributed by atoms with Crippen molar-refractivity contribution in [2.45, 2.75) is 26.4 Å². The first-order valence-corrected chi connectivity index (χ1v) is 10.5. The summed E-state index contributed by atoms with van der Waals surface area (Å²) in [5.74, 6) is -0.451. The average molecular weight is 437 g/mol. The standard InChI is InChI=1S/C24H28N4O4/c1-3-13-27(15-18-11-7-8-12-19(18)29)16-20(30)21-22(25)28(24(32)26(2)23(21)31)14-17-9-5-4-6-10-17/h4-12,29H,3,13-16,25H2,1-2H3. The van der Waals surface area contributed by atoms with Gasteiger partial charge in [0.05, 0.1) is 13.1 Å². The zero-order valence-corrected chi connectivity index (χ0v) is 18.3. The van der Waals surface area contributed by atoms with Gasteiger partial charge in [-0.15, -0.1) is 0 Å². The molecule has 2 aromatic carbocycles. The van der Waals surface area contributed by atoms with Crippen LogP contribution in [0.5, 0.6) is 5.75 Å². The van der Waals surface area contributed by atoms with Crippen molar-refractivity contribution in [3.8, 4) is 5.75 Å². The maximum atomic E-state index is 13.2. The molecule has 8 nitrogen and oxygen atoms in total. The minimum atomic E-state index is -0.708. The molecule has 168 valence electrons. The van der Waals surface area contributed by atoms with Gasteiger partial charge >= 0.3 is 5.69 Å². The Balaban J connectivity index is 1.94. The highest BCUT2D eigenvalue weighted by molar-refractivity contribution is 6.01. The number of nitrogens with two attached hydrogens (primary N) is 1. The molecule has 32 heavy (non-hydrogen) atoms. The fraction of sp³-hybridized carbons (Fsp3) is 0.292. The molecule has 0 spiro atoms. The van der Waals surface area contributed by atoms with Gasteiger partial charge in [0.1, 0.15) is 17.1 Å². The molecule has 0 radical (unpaired) electrons. The smallest absolute Gasteiger partial charge is 0.332 e. The Morgan fingerprint density at radius 3 is 2.38 bits per heavy atom. The lowest BCUT2D eigenvalue weighted by molar-refractivity contribution is 0.0923. The van der Waals surface area contributed by atoms with Crippen LogP contribution in [-0.2, 0) is 20.1 Å². The molecule has 0 fully saturated rings. The highest BCUT2D eigenvalue weighted by atomic mass is 16.3. The van der Waals surface area contributed by atoms with Crippen molar-refractivity contribution in [3.05, 3.63) is 92.1 Å². The number of para-hydroxylation sites is 1. The molecule has 8 heteroatoms. The second-order valence-electron chi connectivity index (χ2n) is 7.74. The van der Waals surface area contributed by atoms with Crippen molar-refractivity contribution >= 4 is 11.6 Å². The van der Waals surface area contributed by atoms with Crippen molar-refractivity contribution in [2.24, 2.45) is 7.05 Å². The Labute approximate surface area is 186 Å². The molecule has 0 aliphatic heterocycles. The number of anilines is 1. The second kappa shape index (κ2) is 10.1. The van der Waals surface area contributed by atoms with Crippen LogP contribution in [0.2, 0.25) is 0 Å². The number of aromatic nitrogens is 2. The lowest BCUT2D eigenvalue weighted by Gasteiger charge is -2.22. The van der Waals surface area contributed by atoms with E-state index in [2.05, 4.69) is 0 Å². The van der Waals surface area contributed by atoms with Crippen LogP contribution in [0.4, 0.5) is 5.82 Å². The van der Waals surface area contributed by atoms with Crippen LogP contribution in [-0.4, -0.2) is 38.0 Å². The molecular formula is C24H28N4O4. The predicted octanol–water partition coefficient (Wildman–Crippen LogP) is 1.98. The third-order valence-electron chi connectivity index (χ3n) is 5.34. The highest BCUT2D eigenvalue weighted by Gasteiger charge is 2.23. The minimum absolute atomic E-state index is 0.0643. The SMILES string of the molecule is CCCN(CC(=O)c1c(N)n(Cc2ccccc2)c(=O)n(C)c1=O)Cc1ccccc1O. The van der Waals surface area contributed by atoms with Gasteiger partial charge in [-0.25, -0.2) is 4.79 Å². The molecule has 0 bridgehead atoms. The Hall–Kier alpha value is -3.65. The van der Waals surface area contributed by atoms with Crippen molar-refractivity contribution < 1.29 is 9.90 Å². The Kier molecular flexibility index (Phi) is 7.27. The molecule has 0 saturated carbocycles. The van der Waals surface area contributed by atoms with E-state index in [1.165, 1.54) is 11.6 Å². The van der Waals surface area contributed by atoms with E-state index < -0.39 is 17.0 Å². The Bertz CT molecular complexity index is 1210. The zero-order chi connectivity index (χ0) is 23.3. The molecule has 0 aliphatic rings. The number of hydrogen-bond donors (Lipinski definition) is 2. The number of phenolic OH excluding ortho intramolecular Hbond substituents is 1. The van der Waals surface area contributed by atoms with Gasteiger partial charge in [-0.05, 0) is 24.6 Å². The van der Waals surface area contributed by atoms with Gasteiger partial charge in [-0.3, -0.25) is 23.6 Å². The number of aromatic hydroxyl groups is 1. The molecule has 0 unspecified atom stereocenters. The largest absolute Gasteiger partial charge is 0.508 e. The van der Waals surface area contributed by atoms with E-state index in [9.17, 15) is 19.5 Å². The lowest BCUT2D eigenvalue weighted by Crippen LogP contribution is -2.44. The van der Waals surface area contributed by atoms with Crippen LogP contribution < -0.4 is 17.0 Å². The monoisotopic (exact) mass is 436 g/mol. The maximum Gasteiger partial charge on any atom is 0.332 e. The number of Topliss-reactive ketones (excluding diaryl/α,β-unsaturated/α-hetero) is 1. The maximum absolute atomic E-state index is 13.2. The van der Waals surface area contributed by atoms with Crippen molar-refractivity contribution in [1.82, 2.24) is 14.0 Å². The van der Waals surface area contributed by atoms with Crippen LogP contribution in [0, 0.1) is 0 Å². The highest BCUT2D eigenvalue weighted by Crippen LogP contribution is 2.18. The first-order chi connectivity index (χ1) is 15.3. The summed E-state index contributed by atoms with van der Waals surface area (Å²) < 4.78 is 2.16. The fourth-order valence-electron chi connectivity index (χ4n) is 3.66. The van der Waals surface area contributed by atoms with E-state index in [1.54, 1.807) is 18.2 Å². The number of rotatable bonds is 9. The Morgan fingerprint density at radius 2 is 1.72 bits per heavy atom. The molecule has 0 atom stereocenters. The summed E-state index contributed by atoms with van der Waals surface area (Å²) in [7, 11) is 1.34. The van der Waals surface area contributed by atoms with Gasteiger partial charge in [-0.2, -0.15) is 0 Å². The van der Waals surface area contributed by atoms with Gasteiger partial charge in [0.2, 0.25) is 0 Å². The molecule has 0 aliphatic carbocycles. The molecule has 3 aromatic rings. The summed E-state index contributed by atoms with van der Waals surface area (Å²) in [6.45, 7) is 3.00. The Morgan fingerprint density at radius 1 is 1.06 bits per heavy atom. The summed E-state index contributed by atoms with van der Waals surface area (Å²) in [5, 5.41) is 10.1. The number of carbonyl (C=O) groups excluding carboxylic acids is 1. The quantitative estimate of drug-likeness (QED) is 0.496. The van der Waals surface area contributed by atoms with Crippen LogP contribution >= 0.6 is 0 Å². The van der Waals surface area contributed by atoms with Crippen molar-refractivity contribution in [3.63, 3.8) is 0 Å². The van der Waals surface area contributed by atoms with Crippen LogP contribution in [0.3, 0.4) is 0 Å². The van der Waals surface area contributed by atoms with Crippen molar-refractivity contribution in [1.29, 1.82) is 0 Å². The van der Waals surface area contributed by atoms with E-state index in [-0.39, 0.29) is 30.2 Å². The average Bonchev–Trinajstić information content (AvgIpc) is 2.78. The zero-order valence-electron chi connectivity index (χ0n) is 18.3. The van der Waals surface area contributed by atoms with E-state index in [0.717, 1.165) is 16.6 Å². The van der Waals surface area contributed by atoms with Crippen LogP contribution in [0.25, 0.3) is 0 Å². The van der Waals surface area contributed by atoms with Gasteiger partial charge < -0.3 is 10.8 Å². The summed E-state index contributed by atoms with van der Waals surface area (Å²) in [6, 6.07) is 16.1. The summed E-state index contributed by atoms with van der Waals surface area (Å²) in [4.78, 5) is 40.5. The number of nitrogens with zero attached hydrogens (tertiary/aromatic N) is 3. The first-order valence-electron chi connectivity index (χ1n) is 10.5. The topological polar surface area (TPSA) is 111 Å². The van der Waals surface area contributed by atoms with Crippen molar-refractivity contribution in [2.75, 3.05) is 18.8 Å². The van der Waals surface area contributed by atoms with Gasteiger partial charge in [-0.1, -0.05) is 55.5 Å². The fourth-order valence-corrected chi connectivity index (χ4v) is 3.66. The molecule has 3 rings (SSSR count). The number of benzene rings is 2. The van der Waals surface area contributed by atoms with Crippen LogP contribution in [0.1, 0.15) is 34.8 Å². The molecule has 1 heterocycles. The second-order valence-corrected chi connectivity index (χ2v) is 7.74. The molecule has 0 amide bonds. The summed E-state index contributed by atoms with van der Waals surface area (Å²) in [5.41, 5.74) is 6.23. The van der Waals surface area contributed by atoms with Gasteiger partial charge in [0.25, 0.3) is 5.56 Å². The number of ketones is 1. The first kappa shape index (κ1) is 23.0. The molecule has 3 N–H and O–H groups in total. The van der Waals surface area contributed by atoms with Crippen LogP contribution in [0.15, 0.2) is 64.2 Å². The predicted molar refractivity (Wildman–Crippen MR) is 124 cm³/mol. The number of nitrogen functional groups attached to an aromatic ring is 1. The number of phenols is 1. The molecule has 1 aromatic heterocycles. The number of hydrogen-bond acceptors (Lipinski definition) is 6. The summed E-state index contributed by atoms with van der Waals surface area (Å²) in [6.07, 6.45) is 0.780. The van der Waals surface area contributed by atoms with Gasteiger partial charge in [0.15, 0.2) is 5.78 Å². The third-order valence-corrected chi connectivity index (χ3v) is 5.34. The van der Waals surface area contributed by atoms with E-state index in [0.29, 0.717) is 18.7 Å². The lowest BCUT2D eigenvalue weighted by atomic mass is 10.1. The van der Waals surface area contributed by atoms with E-state index in [4.69, 9.17) is 5.73 Å². The molecule has 0 saturated heterocycles. The third kappa shape index (κ3) is 4.97. The molecular weight excluding hydrogens is 408 g/mol. The normalized spacial score (nSPS) is 11.1. The van der Waals surface area contributed by atoms with E-state index in [1.807, 2.05) is 48.2 Å². The van der Waals surface area contributed by atoms with Gasteiger partial charge in [0, 0.05) is 19.2 Å². The number of carbonyl (C=O) groups is 1. The van der Waals surface area contributed by atoms with E-state index >= 15 is 0 Å². The minimum Gasteiger partial charge on any atom is -0.508 e.